The highest BCUT2D eigenvalue weighted by atomic mass is 79.9. The number of nitrogens with one attached hydrogen (secondary N) is 1. The summed E-state index contributed by atoms with van der Waals surface area (Å²) in [6, 6.07) is 6.50. The predicted molar refractivity (Wildman–Crippen MR) is 70.9 cm³/mol. The van der Waals surface area contributed by atoms with E-state index in [2.05, 4.69) is 27.3 Å². The lowest BCUT2D eigenvalue weighted by Crippen LogP contribution is -2.37. The molecule has 0 fully saturated rings. The Kier molecular flexibility index (Phi) is 4.98. The van der Waals surface area contributed by atoms with Crippen LogP contribution in [0.3, 0.4) is 0 Å². The van der Waals surface area contributed by atoms with Crippen LogP contribution in [0.4, 0.5) is 0 Å². The number of halogens is 2. The molecule has 0 aliphatic carbocycles. The van der Waals surface area contributed by atoms with Crippen molar-refractivity contribution in [1.82, 2.24) is 5.32 Å². The lowest BCUT2D eigenvalue weighted by atomic mass is 10.1. The number of carbonyl (C=O) groups excluding carboxylic acids is 1. The molecule has 1 rings (SSSR count). The monoisotopic (exact) mass is 314 g/mol. The molecule has 0 aliphatic rings. The van der Waals surface area contributed by atoms with Crippen LogP contribution in [-0.4, -0.2) is 11.9 Å². The fourth-order valence-electron chi connectivity index (χ4n) is 1.24. The van der Waals surface area contributed by atoms with E-state index in [0.717, 1.165) is 0 Å². The van der Waals surface area contributed by atoms with Crippen LogP contribution >= 0.6 is 27.5 Å². The van der Waals surface area contributed by atoms with Crippen LogP contribution in [0.2, 0.25) is 5.02 Å². The van der Waals surface area contributed by atoms with Crippen molar-refractivity contribution in [3.8, 4) is 6.07 Å². The van der Waals surface area contributed by atoms with Gasteiger partial charge in [-0.15, -0.1) is 0 Å². The molecule has 1 N–H and O–H groups in total. The molecule has 1 aromatic rings. The topological polar surface area (TPSA) is 52.9 Å². The highest BCUT2D eigenvalue weighted by Gasteiger charge is 2.18. The first-order chi connectivity index (χ1) is 7.95. The minimum Gasteiger partial charge on any atom is -0.336 e. The lowest BCUT2D eigenvalue weighted by molar-refractivity contribution is 0.0937. The molecule has 1 atom stereocenters. The summed E-state index contributed by atoms with van der Waals surface area (Å²) in [4.78, 5) is 11.9. The van der Waals surface area contributed by atoms with Gasteiger partial charge in [-0.05, 0) is 40.0 Å². The molecule has 90 valence electrons. The molecule has 0 bridgehead atoms. The number of benzene rings is 1. The van der Waals surface area contributed by atoms with Crippen LogP contribution in [0.25, 0.3) is 0 Å². The van der Waals surface area contributed by atoms with Gasteiger partial charge in [-0.25, -0.2) is 0 Å². The second-order valence-electron chi connectivity index (χ2n) is 3.95. The molecule has 1 unspecified atom stereocenters. The first kappa shape index (κ1) is 14.0. The zero-order chi connectivity index (χ0) is 13.0. The van der Waals surface area contributed by atoms with Gasteiger partial charge in [-0.2, -0.15) is 5.26 Å². The minimum absolute atomic E-state index is 0.0573. The Balaban J connectivity index is 2.90. The average molecular weight is 316 g/mol. The van der Waals surface area contributed by atoms with Crippen LogP contribution in [-0.2, 0) is 0 Å². The Bertz CT molecular complexity index is 468. The van der Waals surface area contributed by atoms with Gasteiger partial charge >= 0.3 is 0 Å². The van der Waals surface area contributed by atoms with Crippen LogP contribution in [0.1, 0.15) is 24.2 Å². The Labute approximate surface area is 114 Å². The highest BCUT2D eigenvalue weighted by Crippen LogP contribution is 2.21. The van der Waals surface area contributed by atoms with E-state index in [-0.39, 0.29) is 11.8 Å². The number of rotatable bonds is 3. The summed E-state index contributed by atoms with van der Waals surface area (Å²) in [6.07, 6.45) is 0. The van der Waals surface area contributed by atoms with Crippen molar-refractivity contribution in [2.75, 3.05) is 0 Å². The van der Waals surface area contributed by atoms with Crippen molar-refractivity contribution in [3.05, 3.63) is 33.3 Å². The Hall–Kier alpha value is -1.05. The number of nitriles is 1. The van der Waals surface area contributed by atoms with Gasteiger partial charge in [0.15, 0.2) is 0 Å². The maximum atomic E-state index is 11.9. The Morgan fingerprint density at radius 1 is 1.53 bits per heavy atom. The molecule has 0 saturated carbocycles. The third kappa shape index (κ3) is 3.72. The molecular weight excluding hydrogens is 304 g/mol. The van der Waals surface area contributed by atoms with Crippen molar-refractivity contribution in [2.45, 2.75) is 19.9 Å². The van der Waals surface area contributed by atoms with Crippen molar-refractivity contribution in [1.29, 1.82) is 5.26 Å². The third-order valence-corrected chi connectivity index (χ3v) is 3.19. The van der Waals surface area contributed by atoms with Gasteiger partial charge in [-0.3, -0.25) is 4.79 Å². The van der Waals surface area contributed by atoms with E-state index >= 15 is 0 Å². The molecular formula is C12H12BrClN2O. The molecule has 0 spiro atoms. The summed E-state index contributed by atoms with van der Waals surface area (Å²) in [5.41, 5.74) is 0.429. The van der Waals surface area contributed by atoms with Crippen molar-refractivity contribution in [3.63, 3.8) is 0 Å². The van der Waals surface area contributed by atoms with E-state index in [9.17, 15) is 4.79 Å². The third-order valence-electron chi connectivity index (χ3n) is 2.27. The van der Waals surface area contributed by atoms with Crippen molar-refractivity contribution < 1.29 is 4.79 Å². The van der Waals surface area contributed by atoms with Gasteiger partial charge in [0.05, 0.1) is 11.6 Å². The van der Waals surface area contributed by atoms with E-state index < -0.39 is 6.04 Å². The summed E-state index contributed by atoms with van der Waals surface area (Å²) in [5.74, 6) is -0.249. The van der Waals surface area contributed by atoms with Gasteiger partial charge in [0.25, 0.3) is 5.91 Å². The molecule has 0 saturated heterocycles. The molecule has 1 aromatic carbocycles. The summed E-state index contributed by atoms with van der Waals surface area (Å²) in [5, 5.41) is 12.1. The lowest BCUT2D eigenvalue weighted by Gasteiger charge is -2.15. The Morgan fingerprint density at radius 3 is 2.71 bits per heavy atom. The van der Waals surface area contributed by atoms with Crippen LogP contribution in [0.5, 0.6) is 0 Å². The van der Waals surface area contributed by atoms with E-state index in [0.29, 0.717) is 15.1 Å². The van der Waals surface area contributed by atoms with E-state index in [1.807, 2.05) is 13.8 Å². The number of nitrogens with zero attached hydrogens (tertiary/aromatic N) is 1. The molecule has 0 heterocycles. The summed E-state index contributed by atoms with van der Waals surface area (Å²) < 4.78 is 0.653. The zero-order valence-corrected chi connectivity index (χ0v) is 11.8. The quantitative estimate of drug-likeness (QED) is 0.929. The van der Waals surface area contributed by atoms with Crippen LogP contribution < -0.4 is 5.32 Å². The molecule has 17 heavy (non-hydrogen) atoms. The fraction of sp³-hybridized carbons (Fsp3) is 0.333. The van der Waals surface area contributed by atoms with E-state index in [4.69, 9.17) is 16.9 Å². The molecule has 1 amide bonds. The van der Waals surface area contributed by atoms with Crippen LogP contribution in [0.15, 0.2) is 22.7 Å². The van der Waals surface area contributed by atoms with E-state index in [1.165, 1.54) is 0 Å². The van der Waals surface area contributed by atoms with Gasteiger partial charge in [0, 0.05) is 9.50 Å². The second-order valence-corrected chi connectivity index (χ2v) is 5.24. The summed E-state index contributed by atoms with van der Waals surface area (Å²) >= 11 is 9.11. The molecule has 0 radical (unpaired) electrons. The zero-order valence-electron chi connectivity index (χ0n) is 9.50. The summed E-state index contributed by atoms with van der Waals surface area (Å²) in [6.45, 7) is 3.75. The van der Waals surface area contributed by atoms with Gasteiger partial charge in [-0.1, -0.05) is 25.4 Å². The maximum absolute atomic E-state index is 11.9. The molecule has 0 aromatic heterocycles. The predicted octanol–water partition coefficient (Wildman–Crippen LogP) is 3.38. The number of carbonyl (C=O) groups is 1. The maximum Gasteiger partial charge on any atom is 0.253 e. The smallest absolute Gasteiger partial charge is 0.253 e. The van der Waals surface area contributed by atoms with Crippen molar-refractivity contribution in [2.24, 2.45) is 5.92 Å². The van der Waals surface area contributed by atoms with Gasteiger partial charge < -0.3 is 5.32 Å². The number of amides is 1. The standard InChI is InChI=1S/C12H12BrClN2O/c1-7(2)11(6-15)16-12(17)9-5-8(14)3-4-10(9)13/h3-5,7,11H,1-2H3,(H,16,17). The summed E-state index contributed by atoms with van der Waals surface area (Å²) in [7, 11) is 0. The second kappa shape index (κ2) is 6.04. The number of hydrogen-bond acceptors (Lipinski definition) is 2. The average Bonchev–Trinajstić information content (AvgIpc) is 2.28. The molecule has 0 aliphatic heterocycles. The first-order valence-electron chi connectivity index (χ1n) is 5.11. The first-order valence-corrected chi connectivity index (χ1v) is 6.28. The molecule has 5 heteroatoms. The molecule has 3 nitrogen and oxygen atoms in total. The highest BCUT2D eigenvalue weighted by molar-refractivity contribution is 9.10. The van der Waals surface area contributed by atoms with E-state index in [1.54, 1.807) is 18.2 Å². The fourth-order valence-corrected chi connectivity index (χ4v) is 1.84. The largest absolute Gasteiger partial charge is 0.336 e. The minimum atomic E-state index is -0.506. The SMILES string of the molecule is CC(C)C(C#N)NC(=O)c1cc(Cl)ccc1Br. The Morgan fingerprint density at radius 2 is 2.18 bits per heavy atom. The number of hydrogen-bond donors (Lipinski definition) is 1. The van der Waals surface area contributed by atoms with Gasteiger partial charge in [0.1, 0.15) is 6.04 Å². The van der Waals surface area contributed by atoms with Gasteiger partial charge in [0.2, 0.25) is 0 Å². The normalized spacial score (nSPS) is 12.0. The van der Waals surface area contributed by atoms with Crippen LogP contribution in [0, 0.1) is 17.2 Å². The van der Waals surface area contributed by atoms with Crippen molar-refractivity contribution >= 4 is 33.4 Å².